The van der Waals surface area contributed by atoms with E-state index in [1.165, 1.54) is 44.3 Å². The zero-order chi connectivity index (χ0) is 20.9. The fourth-order valence-electron chi connectivity index (χ4n) is 5.80. The monoisotopic (exact) mass is 407 g/mol. The van der Waals surface area contributed by atoms with Gasteiger partial charge in [0.2, 0.25) is 0 Å². The summed E-state index contributed by atoms with van der Waals surface area (Å²) in [5.41, 5.74) is 2.53. The third-order valence-electron chi connectivity index (χ3n) is 7.23. The predicted octanol–water partition coefficient (Wildman–Crippen LogP) is 4.41. The molecule has 2 aliphatic heterocycles. The number of pyridine rings is 1. The van der Waals surface area contributed by atoms with Gasteiger partial charge >= 0.3 is 0 Å². The van der Waals surface area contributed by atoms with E-state index in [2.05, 4.69) is 63.7 Å². The van der Waals surface area contributed by atoms with Gasteiger partial charge in [-0.1, -0.05) is 20.8 Å². The molecule has 0 aromatic carbocycles. The van der Waals surface area contributed by atoms with E-state index in [0.717, 1.165) is 30.6 Å². The van der Waals surface area contributed by atoms with Gasteiger partial charge in [0, 0.05) is 50.3 Å². The smallest absolute Gasteiger partial charge is 0.115 e. The second-order valence-electron chi connectivity index (χ2n) is 9.79. The van der Waals surface area contributed by atoms with Crippen molar-refractivity contribution in [1.29, 1.82) is 0 Å². The zero-order valence-corrected chi connectivity index (χ0v) is 18.8. The summed E-state index contributed by atoms with van der Waals surface area (Å²) in [6, 6.07) is 7.76. The molecule has 30 heavy (non-hydrogen) atoms. The highest BCUT2D eigenvalue weighted by atomic mass is 15.2. The lowest BCUT2D eigenvalue weighted by Crippen LogP contribution is -2.35. The Balaban J connectivity index is 1.35. The van der Waals surface area contributed by atoms with Crippen LogP contribution in [0.3, 0.4) is 0 Å². The molecule has 4 atom stereocenters. The van der Waals surface area contributed by atoms with Gasteiger partial charge in [-0.2, -0.15) is 0 Å². The van der Waals surface area contributed by atoms with Gasteiger partial charge < -0.3 is 0 Å². The van der Waals surface area contributed by atoms with E-state index in [1.54, 1.807) is 6.33 Å². The minimum Gasteiger partial charge on any atom is -0.296 e. The van der Waals surface area contributed by atoms with Crippen LogP contribution in [0.1, 0.15) is 57.7 Å². The molecule has 5 heteroatoms. The molecule has 0 saturated carbocycles. The molecule has 4 heterocycles. The minimum atomic E-state index is 0.661. The van der Waals surface area contributed by atoms with Crippen LogP contribution >= 0.6 is 0 Å². The Bertz CT molecular complexity index is 766. The lowest BCUT2D eigenvalue weighted by molar-refractivity contribution is 0.168. The fourth-order valence-corrected chi connectivity index (χ4v) is 5.80. The van der Waals surface area contributed by atoms with E-state index in [4.69, 9.17) is 0 Å². The van der Waals surface area contributed by atoms with E-state index < -0.39 is 0 Å². The van der Waals surface area contributed by atoms with Crippen LogP contribution in [0.15, 0.2) is 43.1 Å². The molecule has 0 radical (unpaired) electrons. The summed E-state index contributed by atoms with van der Waals surface area (Å²) in [5, 5.41) is 0. The maximum absolute atomic E-state index is 4.47. The lowest BCUT2D eigenvalue weighted by Gasteiger charge is -2.31. The van der Waals surface area contributed by atoms with E-state index >= 15 is 0 Å². The molecule has 162 valence electrons. The molecule has 0 amide bonds. The minimum absolute atomic E-state index is 0.661. The maximum Gasteiger partial charge on any atom is 0.115 e. The summed E-state index contributed by atoms with van der Waals surface area (Å²) in [6.07, 6.45) is 12.7. The molecule has 2 fully saturated rings. The van der Waals surface area contributed by atoms with Crippen LogP contribution in [0, 0.1) is 17.8 Å². The summed E-state index contributed by atoms with van der Waals surface area (Å²) in [4.78, 5) is 18.1. The van der Waals surface area contributed by atoms with Crippen LogP contribution in [-0.2, 0) is 13.1 Å². The van der Waals surface area contributed by atoms with Crippen molar-refractivity contribution in [2.75, 3.05) is 13.1 Å². The quantitative estimate of drug-likeness (QED) is 0.649. The van der Waals surface area contributed by atoms with Crippen molar-refractivity contribution in [3.8, 4) is 0 Å². The van der Waals surface area contributed by atoms with E-state index in [1.807, 2.05) is 18.6 Å². The first-order valence-corrected chi connectivity index (χ1v) is 11.7. The largest absolute Gasteiger partial charge is 0.296 e. The van der Waals surface area contributed by atoms with Crippen LogP contribution in [0.5, 0.6) is 0 Å². The summed E-state index contributed by atoms with van der Waals surface area (Å²) < 4.78 is 0. The normalized spacial score (nSPS) is 26.5. The standard InChI is InChI=1S/C25H37N5/c1-19(2)25-14-22(16-30(25)17-23-8-11-27-18-28-23)13-20(3)24-5-4-12-29(24)15-21-6-9-26-10-7-21/h6-11,18-20,22,24-25H,4-5,12-17H2,1-3H3. The Labute approximate surface area is 181 Å². The molecule has 2 aromatic rings. The third kappa shape index (κ3) is 5.25. The third-order valence-corrected chi connectivity index (χ3v) is 7.23. The second kappa shape index (κ2) is 9.97. The molecule has 2 aromatic heterocycles. The topological polar surface area (TPSA) is 45.2 Å². The van der Waals surface area contributed by atoms with Crippen molar-refractivity contribution in [2.24, 2.45) is 17.8 Å². The van der Waals surface area contributed by atoms with Gasteiger partial charge in [0.1, 0.15) is 6.33 Å². The number of likely N-dealkylation sites (tertiary alicyclic amines) is 2. The van der Waals surface area contributed by atoms with Gasteiger partial charge in [0.05, 0.1) is 5.69 Å². The summed E-state index contributed by atoms with van der Waals surface area (Å²) in [5.74, 6) is 2.21. The molecule has 0 spiro atoms. The summed E-state index contributed by atoms with van der Waals surface area (Å²) in [7, 11) is 0. The lowest BCUT2D eigenvalue weighted by atomic mass is 9.86. The Morgan fingerprint density at radius 1 is 0.967 bits per heavy atom. The molecule has 4 unspecified atom stereocenters. The average Bonchev–Trinajstić information content (AvgIpc) is 3.36. The Morgan fingerprint density at radius 3 is 2.50 bits per heavy atom. The molecule has 4 rings (SSSR count). The first-order valence-electron chi connectivity index (χ1n) is 11.7. The molecular weight excluding hydrogens is 370 g/mol. The van der Waals surface area contributed by atoms with Crippen LogP contribution in [-0.4, -0.2) is 49.9 Å². The van der Waals surface area contributed by atoms with Gasteiger partial charge in [-0.3, -0.25) is 14.8 Å². The van der Waals surface area contributed by atoms with Crippen molar-refractivity contribution in [3.05, 3.63) is 54.4 Å². The van der Waals surface area contributed by atoms with Gasteiger partial charge in [-0.15, -0.1) is 0 Å². The molecular formula is C25H37N5. The van der Waals surface area contributed by atoms with Gasteiger partial charge in [0.25, 0.3) is 0 Å². The van der Waals surface area contributed by atoms with Crippen molar-refractivity contribution < 1.29 is 0 Å². The maximum atomic E-state index is 4.47. The molecule has 5 nitrogen and oxygen atoms in total. The van der Waals surface area contributed by atoms with E-state index in [-0.39, 0.29) is 0 Å². The highest BCUT2D eigenvalue weighted by Gasteiger charge is 2.37. The van der Waals surface area contributed by atoms with Crippen molar-refractivity contribution in [2.45, 2.75) is 71.6 Å². The highest BCUT2D eigenvalue weighted by molar-refractivity contribution is 5.10. The van der Waals surface area contributed by atoms with E-state index in [0.29, 0.717) is 18.0 Å². The number of hydrogen-bond donors (Lipinski definition) is 0. The van der Waals surface area contributed by atoms with Crippen LogP contribution < -0.4 is 0 Å². The van der Waals surface area contributed by atoms with Gasteiger partial charge in [0.15, 0.2) is 0 Å². The molecule has 0 N–H and O–H groups in total. The Hall–Kier alpha value is -1.85. The number of nitrogens with zero attached hydrogens (tertiary/aromatic N) is 5. The fraction of sp³-hybridized carbons (Fsp3) is 0.640. The molecule has 0 aliphatic carbocycles. The predicted molar refractivity (Wildman–Crippen MR) is 121 cm³/mol. The second-order valence-corrected chi connectivity index (χ2v) is 9.79. The van der Waals surface area contributed by atoms with Gasteiger partial charge in [-0.25, -0.2) is 9.97 Å². The van der Waals surface area contributed by atoms with Crippen LogP contribution in [0.25, 0.3) is 0 Å². The first kappa shape index (κ1) is 21.4. The summed E-state index contributed by atoms with van der Waals surface area (Å²) in [6.45, 7) is 11.7. The average molecular weight is 408 g/mol. The molecule has 0 bridgehead atoms. The van der Waals surface area contributed by atoms with Gasteiger partial charge in [-0.05, 0) is 73.7 Å². The van der Waals surface area contributed by atoms with Crippen LogP contribution in [0.2, 0.25) is 0 Å². The molecule has 2 aliphatic rings. The number of aromatic nitrogens is 3. The van der Waals surface area contributed by atoms with Crippen LogP contribution in [0.4, 0.5) is 0 Å². The van der Waals surface area contributed by atoms with E-state index in [9.17, 15) is 0 Å². The Kier molecular flexibility index (Phi) is 7.11. The first-order chi connectivity index (χ1) is 14.6. The number of rotatable bonds is 8. The Morgan fingerprint density at radius 2 is 1.77 bits per heavy atom. The van der Waals surface area contributed by atoms with Crippen molar-refractivity contribution >= 4 is 0 Å². The SMILES string of the molecule is CC(C)C1CC(CC(C)C2CCCN2Cc2ccncc2)CN1Cc1ccncn1. The molecule has 2 saturated heterocycles. The van der Waals surface area contributed by atoms with Crippen molar-refractivity contribution in [1.82, 2.24) is 24.8 Å². The summed E-state index contributed by atoms with van der Waals surface area (Å²) >= 11 is 0. The zero-order valence-electron chi connectivity index (χ0n) is 18.8. The highest BCUT2D eigenvalue weighted by Crippen LogP contribution is 2.36. The van der Waals surface area contributed by atoms with Crippen molar-refractivity contribution in [3.63, 3.8) is 0 Å². The number of hydrogen-bond acceptors (Lipinski definition) is 5.